The zero-order chi connectivity index (χ0) is 22.1. The number of benzene rings is 1. The summed E-state index contributed by atoms with van der Waals surface area (Å²) >= 11 is 0. The van der Waals surface area contributed by atoms with Gasteiger partial charge in [-0.1, -0.05) is 64.1 Å². The molecule has 1 aromatic rings. The summed E-state index contributed by atoms with van der Waals surface area (Å²) in [6.07, 6.45) is 3.94. The number of aliphatic hydroxyl groups is 1. The van der Waals surface area contributed by atoms with E-state index in [0.717, 1.165) is 12.0 Å². The van der Waals surface area contributed by atoms with Crippen molar-refractivity contribution in [3.63, 3.8) is 0 Å². The highest BCUT2D eigenvalue weighted by atomic mass is 28.4. The second kappa shape index (κ2) is 11.8. The summed E-state index contributed by atoms with van der Waals surface area (Å²) in [6, 6.07) is 10.1. The van der Waals surface area contributed by atoms with Crippen LogP contribution in [0.2, 0.25) is 18.1 Å². The molecule has 3 atom stereocenters. The van der Waals surface area contributed by atoms with Crippen molar-refractivity contribution in [1.82, 2.24) is 0 Å². The second-order valence-corrected chi connectivity index (χ2v) is 14.2. The third-order valence-corrected chi connectivity index (χ3v) is 10.2. The van der Waals surface area contributed by atoms with E-state index in [0.29, 0.717) is 19.6 Å². The molecule has 0 aromatic heterocycles. The molecule has 29 heavy (non-hydrogen) atoms. The van der Waals surface area contributed by atoms with E-state index in [1.807, 2.05) is 25.1 Å². The lowest BCUT2D eigenvalue weighted by Crippen LogP contribution is -2.45. The van der Waals surface area contributed by atoms with Gasteiger partial charge in [0, 0.05) is 18.6 Å². The van der Waals surface area contributed by atoms with E-state index < -0.39 is 14.4 Å². The molecule has 0 aliphatic rings. The molecule has 0 radical (unpaired) electrons. The summed E-state index contributed by atoms with van der Waals surface area (Å²) in [5.74, 6) is -0.109. The maximum atomic E-state index is 11.2. The lowest BCUT2D eigenvalue weighted by atomic mass is 9.97. The van der Waals surface area contributed by atoms with E-state index in [9.17, 15) is 9.90 Å². The van der Waals surface area contributed by atoms with Crippen molar-refractivity contribution in [2.24, 2.45) is 5.92 Å². The highest BCUT2D eigenvalue weighted by molar-refractivity contribution is 6.74. The molecule has 0 fully saturated rings. The molecule has 0 bridgehead atoms. The van der Waals surface area contributed by atoms with Crippen LogP contribution in [0, 0.1) is 5.92 Å². The summed E-state index contributed by atoms with van der Waals surface area (Å²) < 4.78 is 12.5. The molecule has 0 spiro atoms. The highest BCUT2D eigenvalue weighted by Gasteiger charge is 2.39. The first kappa shape index (κ1) is 25.8. The van der Waals surface area contributed by atoms with Crippen molar-refractivity contribution in [1.29, 1.82) is 0 Å². The van der Waals surface area contributed by atoms with Crippen molar-refractivity contribution >= 4 is 14.1 Å². The largest absolute Gasteiger partial charge is 0.414 e. The standard InChI is InChI=1S/C24H40O4Si/c1-19(13-14-20(2)25)23(26)17-22(28-29(6,7)24(3,4)5)15-16-27-18-21-11-9-8-10-12-21/h8-14,19,22-23,26H,15-18H2,1-7H3/b14-13+/t19-,22+,23-/m0/s1. The molecule has 1 aromatic carbocycles. The van der Waals surface area contributed by atoms with Gasteiger partial charge in [-0.3, -0.25) is 4.79 Å². The molecule has 164 valence electrons. The first-order valence-corrected chi connectivity index (χ1v) is 13.5. The third kappa shape index (κ3) is 9.85. The zero-order valence-electron chi connectivity index (χ0n) is 19.3. The van der Waals surface area contributed by atoms with E-state index in [1.54, 1.807) is 6.08 Å². The Bertz CT molecular complexity index is 634. The number of carbonyl (C=O) groups excluding carboxylic acids is 1. The topological polar surface area (TPSA) is 55.8 Å². The Morgan fingerprint density at radius 1 is 1.21 bits per heavy atom. The van der Waals surface area contributed by atoms with Crippen molar-refractivity contribution in [2.45, 2.75) is 84.4 Å². The number of ether oxygens (including phenoxy) is 1. The van der Waals surface area contributed by atoms with Gasteiger partial charge in [-0.2, -0.15) is 0 Å². The van der Waals surface area contributed by atoms with Crippen molar-refractivity contribution in [3.05, 3.63) is 48.0 Å². The van der Waals surface area contributed by atoms with Gasteiger partial charge in [0.1, 0.15) is 0 Å². The molecule has 1 rings (SSSR count). The molecule has 5 heteroatoms. The molecule has 0 saturated heterocycles. The average molecular weight is 421 g/mol. The van der Waals surface area contributed by atoms with Crippen LogP contribution in [-0.2, 0) is 20.6 Å². The fourth-order valence-electron chi connectivity index (χ4n) is 2.70. The molecule has 1 N–H and O–H groups in total. The Balaban J connectivity index is 2.70. The van der Waals surface area contributed by atoms with Gasteiger partial charge in [0.25, 0.3) is 0 Å². The van der Waals surface area contributed by atoms with Gasteiger partial charge in [0.15, 0.2) is 14.1 Å². The molecular weight excluding hydrogens is 380 g/mol. The fourth-order valence-corrected chi connectivity index (χ4v) is 4.10. The molecule has 0 amide bonds. The fraction of sp³-hybridized carbons (Fsp3) is 0.625. The van der Waals surface area contributed by atoms with Gasteiger partial charge in [0.2, 0.25) is 0 Å². The smallest absolute Gasteiger partial charge is 0.192 e. The van der Waals surface area contributed by atoms with Crippen LogP contribution in [0.1, 0.15) is 53.0 Å². The van der Waals surface area contributed by atoms with Gasteiger partial charge in [0.05, 0.1) is 12.7 Å². The van der Waals surface area contributed by atoms with Crippen molar-refractivity contribution in [3.8, 4) is 0 Å². The van der Waals surface area contributed by atoms with Crippen LogP contribution < -0.4 is 0 Å². The number of allylic oxidation sites excluding steroid dienone is 1. The minimum absolute atomic E-state index is 0.00700. The van der Waals surface area contributed by atoms with Crippen LogP contribution in [0.15, 0.2) is 42.5 Å². The molecule has 0 heterocycles. The van der Waals surface area contributed by atoms with Crippen LogP contribution in [0.5, 0.6) is 0 Å². The summed E-state index contributed by atoms with van der Waals surface area (Å²) in [7, 11) is -1.97. The van der Waals surface area contributed by atoms with E-state index in [-0.39, 0.29) is 22.8 Å². The Morgan fingerprint density at radius 2 is 1.83 bits per heavy atom. The molecule has 0 saturated carbocycles. The number of hydrogen-bond acceptors (Lipinski definition) is 4. The third-order valence-electron chi connectivity index (χ3n) is 5.71. The number of rotatable bonds is 12. The normalized spacial score (nSPS) is 16.0. The molecule has 0 aliphatic heterocycles. The highest BCUT2D eigenvalue weighted by Crippen LogP contribution is 2.38. The van der Waals surface area contributed by atoms with Crippen LogP contribution >= 0.6 is 0 Å². The van der Waals surface area contributed by atoms with Gasteiger partial charge in [-0.05, 0) is 49.5 Å². The Kier molecular flexibility index (Phi) is 10.5. The van der Waals surface area contributed by atoms with Crippen LogP contribution in [-0.4, -0.2) is 38.0 Å². The quantitative estimate of drug-likeness (QED) is 0.275. The van der Waals surface area contributed by atoms with Gasteiger partial charge < -0.3 is 14.3 Å². The summed E-state index contributed by atoms with van der Waals surface area (Å²) in [5, 5.41) is 10.8. The van der Waals surface area contributed by atoms with E-state index in [2.05, 4.69) is 46.0 Å². The van der Waals surface area contributed by atoms with Gasteiger partial charge in [-0.15, -0.1) is 0 Å². The van der Waals surface area contributed by atoms with Crippen LogP contribution in [0.3, 0.4) is 0 Å². The SMILES string of the molecule is CC(=O)/C=C/[C@H](C)[C@@H](O)C[C@@H](CCOCc1ccccc1)O[Si](C)(C)C(C)(C)C. The van der Waals surface area contributed by atoms with Gasteiger partial charge >= 0.3 is 0 Å². The first-order valence-electron chi connectivity index (χ1n) is 10.6. The van der Waals surface area contributed by atoms with Crippen LogP contribution in [0.4, 0.5) is 0 Å². The minimum atomic E-state index is -1.97. The maximum Gasteiger partial charge on any atom is 0.192 e. The maximum absolute atomic E-state index is 11.2. The second-order valence-electron chi connectivity index (χ2n) is 9.46. The van der Waals surface area contributed by atoms with E-state index in [4.69, 9.17) is 9.16 Å². The Labute approximate surface area is 178 Å². The lowest BCUT2D eigenvalue weighted by molar-refractivity contribution is -0.112. The molecule has 4 nitrogen and oxygen atoms in total. The summed E-state index contributed by atoms with van der Waals surface area (Å²) in [5.41, 5.74) is 1.15. The number of carbonyl (C=O) groups is 1. The number of ketones is 1. The zero-order valence-corrected chi connectivity index (χ0v) is 20.3. The van der Waals surface area contributed by atoms with Crippen LogP contribution in [0.25, 0.3) is 0 Å². The average Bonchev–Trinajstić information content (AvgIpc) is 2.62. The van der Waals surface area contributed by atoms with Gasteiger partial charge in [-0.25, -0.2) is 0 Å². The monoisotopic (exact) mass is 420 g/mol. The summed E-state index contributed by atoms with van der Waals surface area (Å²) in [4.78, 5) is 11.2. The first-order chi connectivity index (χ1) is 13.4. The Hall–Kier alpha value is -1.27. The molecule has 0 unspecified atom stereocenters. The number of hydrogen-bond donors (Lipinski definition) is 1. The van der Waals surface area contributed by atoms with E-state index in [1.165, 1.54) is 13.0 Å². The van der Waals surface area contributed by atoms with E-state index >= 15 is 0 Å². The summed E-state index contributed by atoms with van der Waals surface area (Å²) in [6.45, 7) is 15.7. The lowest BCUT2D eigenvalue weighted by Gasteiger charge is -2.40. The van der Waals surface area contributed by atoms with Crippen molar-refractivity contribution in [2.75, 3.05) is 6.61 Å². The minimum Gasteiger partial charge on any atom is -0.414 e. The van der Waals surface area contributed by atoms with Crippen molar-refractivity contribution < 1.29 is 19.1 Å². The predicted octanol–water partition coefficient (Wildman–Crippen LogP) is 5.52. The Morgan fingerprint density at radius 3 is 2.38 bits per heavy atom. The molecular formula is C24H40O4Si. The molecule has 0 aliphatic carbocycles. The predicted molar refractivity (Wildman–Crippen MR) is 122 cm³/mol. The number of aliphatic hydroxyl groups excluding tert-OH is 1.